The maximum Gasteiger partial charge on any atom is 0.101 e. The van der Waals surface area contributed by atoms with E-state index in [1.807, 2.05) is 25.1 Å². The van der Waals surface area contributed by atoms with Gasteiger partial charge in [0.2, 0.25) is 0 Å². The third-order valence-electron chi connectivity index (χ3n) is 3.04. The number of hydrogen-bond donors (Lipinski definition) is 2. The van der Waals surface area contributed by atoms with E-state index in [1.165, 1.54) is 6.42 Å². The van der Waals surface area contributed by atoms with E-state index in [0.29, 0.717) is 5.92 Å². The van der Waals surface area contributed by atoms with Gasteiger partial charge in [0.25, 0.3) is 0 Å². The molecule has 0 bridgehead atoms. The quantitative estimate of drug-likeness (QED) is 0.809. The van der Waals surface area contributed by atoms with Gasteiger partial charge in [-0.1, -0.05) is 6.07 Å². The Labute approximate surface area is 96.5 Å². The van der Waals surface area contributed by atoms with Crippen LogP contribution in [0.5, 0.6) is 0 Å². The standard InChI is InChI=1S/C13H17N3/c1-10-2-3-13(12(6-10)7-14)16-9-11-4-5-15-8-11/h2-3,6,11,15-16H,4-5,8-9H2,1H3. The Morgan fingerprint density at radius 3 is 3.12 bits per heavy atom. The topological polar surface area (TPSA) is 47.8 Å². The number of aryl methyl sites for hydroxylation is 1. The lowest BCUT2D eigenvalue weighted by Crippen LogP contribution is -2.17. The lowest BCUT2D eigenvalue weighted by molar-refractivity contribution is 0.615. The minimum Gasteiger partial charge on any atom is -0.384 e. The summed E-state index contributed by atoms with van der Waals surface area (Å²) in [5, 5.41) is 15.7. The second-order valence-corrected chi connectivity index (χ2v) is 4.40. The Balaban J connectivity index is 2.00. The summed E-state index contributed by atoms with van der Waals surface area (Å²) in [6.07, 6.45) is 1.22. The first-order valence-electron chi connectivity index (χ1n) is 5.75. The van der Waals surface area contributed by atoms with Crippen molar-refractivity contribution in [2.45, 2.75) is 13.3 Å². The monoisotopic (exact) mass is 215 g/mol. The van der Waals surface area contributed by atoms with E-state index in [0.717, 1.165) is 36.4 Å². The summed E-state index contributed by atoms with van der Waals surface area (Å²) in [5.41, 5.74) is 2.83. The Kier molecular flexibility index (Phi) is 3.43. The first-order valence-corrected chi connectivity index (χ1v) is 5.75. The highest BCUT2D eigenvalue weighted by molar-refractivity contribution is 5.58. The fourth-order valence-electron chi connectivity index (χ4n) is 2.05. The summed E-state index contributed by atoms with van der Waals surface area (Å²) >= 11 is 0. The molecule has 1 aromatic carbocycles. The van der Waals surface area contributed by atoms with Crippen LogP contribution in [-0.2, 0) is 0 Å². The highest BCUT2D eigenvalue weighted by Crippen LogP contribution is 2.17. The van der Waals surface area contributed by atoms with Gasteiger partial charge in [-0.25, -0.2) is 0 Å². The molecule has 2 rings (SSSR count). The zero-order chi connectivity index (χ0) is 11.4. The fourth-order valence-corrected chi connectivity index (χ4v) is 2.05. The Morgan fingerprint density at radius 2 is 2.44 bits per heavy atom. The maximum atomic E-state index is 9.03. The van der Waals surface area contributed by atoms with E-state index in [1.54, 1.807) is 0 Å². The van der Waals surface area contributed by atoms with Gasteiger partial charge in [0.05, 0.1) is 11.3 Å². The van der Waals surface area contributed by atoms with Crippen LogP contribution in [-0.4, -0.2) is 19.6 Å². The van der Waals surface area contributed by atoms with Gasteiger partial charge < -0.3 is 10.6 Å². The van der Waals surface area contributed by atoms with Crippen molar-refractivity contribution < 1.29 is 0 Å². The number of nitriles is 1. The molecular formula is C13H17N3. The lowest BCUT2D eigenvalue weighted by atomic mass is 10.1. The summed E-state index contributed by atoms with van der Waals surface area (Å²) < 4.78 is 0. The van der Waals surface area contributed by atoms with Crippen LogP contribution < -0.4 is 10.6 Å². The third-order valence-corrected chi connectivity index (χ3v) is 3.04. The van der Waals surface area contributed by atoms with Crippen molar-refractivity contribution in [3.8, 4) is 6.07 Å². The molecule has 1 aliphatic rings. The summed E-state index contributed by atoms with van der Waals surface area (Å²) in [7, 11) is 0. The van der Waals surface area contributed by atoms with Gasteiger partial charge in [-0.3, -0.25) is 0 Å². The predicted molar refractivity (Wildman–Crippen MR) is 65.4 cm³/mol. The van der Waals surface area contributed by atoms with Gasteiger partial charge in [-0.2, -0.15) is 5.26 Å². The smallest absolute Gasteiger partial charge is 0.101 e. The molecule has 1 aromatic rings. The molecule has 0 saturated carbocycles. The second-order valence-electron chi connectivity index (χ2n) is 4.40. The number of anilines is 1. The molecular weight excluding hydrogens is 198 g/mol. The summed E-state index contributed by atoms with van der Waals surface area (Å²) in [5.74, 6) is 0.688. The number of benzene rings is 1. The molecule has 1 atom stereocenters. The lowest BCUT2D eigenvalue weighted by Gasteiger charge is -2.12. The van der Waals surface area contributed by atoms with E-state index in [4.69, 9.17) is 5.26 Å². The van der Waals surface area contributed by atoms with Gasteiger partial charge in [0.15, 0.2) is 0 Å². The van der Waals surface area contributed by atoms with Gasteiger partial charge in [0.1, 0.15) is 6.07 Å². The van der Waals surface area contributed by atoms with Crippen LogP contribution in [0.4, 0.5) is 5.69 Å². The molecule has 3 nitrogen and oxygen atoms in total. The molecule has 1 saturated heterocycles. The molecule has 0 aromatic heterocycles. The first-order chi connectivity index (χ1) is 7.79. The van der Waals surface area contributed by atoms with Gasteiger partial charge in [-0.05, 0) is 50.0 Å². The molecule has 1 heterocycles. The van der Waals surface area contributed by atoms with E-state index >= 15 is 0 Å². The Bertz CT molecular complexity index is 400. The number of nitrogens with one attached hydrogen (secondary N) is 2. The molecule has 0 radical (unpaired) electrons. The average Bonchev–Trinajstić information content (AvgIpc) is 2.80. The molecule has 0 aliphatic carbocycles. The summed E-state index contributed by atoms with van der Waals surface area (Å²) in [6, 6.07) is 8.19. The molecule has 1 unspecified atom stereocenters. The van der Waals surface area contributed by atoms with Crippen LogP contribution in [0.2, 0.25) is 0 Å². The highest BCUT2D eigenvalue weighted by atomic mass is 14.9. The van der Waals surface area contributed by atoms with Crippen molar-refractivity contribution >= 4 is 5.69 Å². The van der Waals surface area contributed by atoms with Crippen molar-refractivity contribution in [1.82, 2.24) is 5.32 Å². The van der Waals surface area contributed by atoms with Gasteiger partial charge >= 0.3 is 0 Å². The largest absolute Gasteiger partial charge is 0.384 e. The maximum absolute atomic E-state index is 9.03. The molecule has 0 amide bonds. The molecule has 84 valence electrons. The first kappa shape index (κ1) is 11.0. The molecule has 1 aliphatic heterocycles. The zero-order valence-electron chi connectivity index (χ0n) is 9.59. The third kappa shape index (κ3) is 2.53. The van der Waals surface area contributed by atoms with Crippen LogP contribution >= 0.6 is 0 Å². The molecule has 16 heavy (non-hydrogen) atoms. The van der Waals surface area contributed by atoms with Crippen molar-refractivity contribution in [3.05, 3.63) is 29.3 Å². The normalized spacial score (nSPS) is 19.4. The Hall–Kier alpha value is -1.53. The van der Waals surface area contributed by atoms with Gasteiger partial charge in [-0.15, -0.1) is 0 Å². The average molecular weight is 215 g/mol. The minimum atomic E-state index is 0.688. The summed E-state index contributed by atoms with van der Waals surface area (Å²) in [4.78, 5) is 0. The van der Waals surface area contributed by atoms with Crippen LogP contribution in [0, 0.1) is 24.2 Å². The van der Waals surface area contributed by atoms with E-state index < -0.39 is 0 Å². The predicted octanol–water partition coefficient (Wildman–Crippen LogP) is 1.89. The van der Waals surface area contributed by atoms with Gasteiger partial charge in [0, 0.05) is 6.54 Å². The molecule has 1 fully saturated rings. The van der Waals surface area contributed by atoms with E-state index in [-0.39, 0.29) is 0 Å². The second kappa shape index (κ2) is 5.00. The highest BCUT2D eigenvalue weighted by Gasteiger charge is 2.14. The number of hydrogen-bond acceptors (Lipinski definition) is 3. The van der Waals surface area contributed by atoms with Crippen molar-refractivity contribution in [1.29, 1.82) is 5.26 Å². The fraction of sp³-hybridized carbons (Fsp3) is 0.462. The summed E-state index contributed by atoms with van der Waals surface area (Å²) in [6.45, 7) is 5.16. The SMILES string of the molecule is Cc1ccc(NCC2CCNC2)c(C#N)c1. The number of rotatable bonds is 3. The molecule has 0 spiro atoms. The van der Waals surface area contributed by atoms with Crippen LogP contribution in [0.15, 0.2) is 18.2 Å². The van der Waals surface area contributed by atoms with Crippen LogP contribution in [0.1, 0.15) is 17.5 Å². The Morgan fingerprint density at radius 1 is 1.56 bits per heavy atom. The van der Waals surface area contributed by atoms with Crippen molar-refractivity contribution in [3.63, 3.8) is 0 Å². The molecule has 2 N–H and O–H groups in total. The van der Waals surface area contributed by atoms with Crippen LogP contribution in [0.3, 0.4) is 0 Å². The zero-order valence-corrected chi connectivity index (χ0v) is 9.59. The van der Waals surface area contributed by atoms with Crippen LogP contribution in [0.25, 0.3) is 0 Å². The van der Waals surface area contributed by atoms with Crippen molar-refractivity contribution in [2.75, 3.05) is 25.0 Å². The van der Waals surface area contributed by atoms with Crippen molar-refractivity contribution in [2.24, 2.45) is 5.92 Å². The number of nitrogens with zero attached hydrogens (tertiary/aromatic N) is 1. The minimum absolute atomic E-state index is 0.688. The van der Waals surface area contributed by atoms with E-state index in [9.17, 15) is 0 Å². The molecule has 3 heteroatoms. The van der Waals surface area contributed by atoms with E-state index in [2.05, 4.69) is 16.7 Å².